The minimum atomic E-state index is -0.771. The molecule has 1 atom stereocenters. The molecule has 3 aromatic carbocycles. The van der Waals surface area contributed by atoms with E-state index in [4.69, 9.17) is 4.74 Å². The van der Waals surface area contributed by atoms with Gasteiger partial charge in [0.05, 0.1) is 23.9 Å². The van der Waals surface area contributed by atoms with Crippen LogP contribution in [0.3, 0.4) is 0 Å². The van der Waals surface area contributed by atoms with Crippen LogP contribution in [0.25, 0.3) is 10.9 Å². The molecule has 5 rings (SSSR count). The lowest BCUT2D eigenvalue weighted by Gasteiger charge is -2.30. The molecule has 0 saturated carbocycles. The number of ether oxygens (including phenoxy) is 1. The van der Waals surface area contributed by atoms with Crippen molar-refractivity contribution >= 4 is 34.5 Å². The first-order valence-electron chi connectivity index (χ1n) is 12.1. The quantitative estimate of drug-likeness (QED) is 0.386. The predicted octanol–water partition coefficient (Wildman–Crippen LogP) is 5.07. The molecule has 0 radical (unpaired) electrons. The van der Waals surface area contributed by atoms with Gasteiger partial charge in [0.2, 0.25) is 11.8 Å². The van der Waals surface area contributed by atoms with E-state index in [0.717, 1.165) is 38.4 Å². The number of hydrogen-bond donors (Lipinski definition) is 1. The standard InChI is InChI=1S/C29H29N3O3S/c1-3-35-24-16-10-7-13-21(24)18-32-25(33)19-36-29-26(22-14-8-9-15-23(22)31(29)2)27(32)28(34)30-17-20-11-5-4-6-12-20/h4-16,27H,3,17-19H2,1-2H3,(H,30,34)/t27-/m1/s1. The molecule has 0 spiro atoms. The van der Waals surface area contributed by atoms with Crippen molar-refractivity contribution in [2.75, 3.05) is 12.4 Å². The highest BCUT2D eigenvalue weighted by Crippen LogP contribution is 2.42. The summed E-state index contributed by atoms with van der Waals surface area (Å²) >= 11 is 1.49. The lowest BCUT2D eigenvalue weighted by Crippen LogP contribution is -2.43. The first-order chi connectivity index (χ1) is 17.6. The maximum absolute atomic E-state index is 13.9. The number of rotatable bonds is 7. The summed E-state index contributed by atoms with van der Waals surface area (Å²) in [6.07, 6.45) is 0. The summed E-state index contributed by atoms with van der Waals surface area (Å²) in [7, 11) is 2.00. The number of amides is 2. The first-order valence-corrected chi connectivity index (χ1v) is 13.1. The fraction of sp³-hybridized carbons (Fsp3) is 0.241. The number of benzene rings is 3. The summed E-state index contributed by atoms with van der Waals surface area (Å²) in [6, 6.07) is 24.8. The molecule has 2 amide bonds. The van der Waals surface area contributed by atoms with Gasteiger partial charge in [-0.25, -0.2) is 0 Å². The highest BCUT2D eigenvalue weighted by atomic mass is 32.2. The lowest BCUT2D eigenvalue weighted by molar-refractivity contribution is -0.139. The van der Waals surface area contributed by atoms with E-state index in [2.05, 4.69) is 16.0 Å². The summed E-state index contributed by atoms with van der Waals surface area (Å²) in [5, 5.41) is 5.04. The molecule has 2 heterocycles. The Kier molecular flexibility index (Phi) is 7.00. The molecule has 0 unspecified atom stereocenters. The third kappa shape index (κ3) is 4.58. The first kappa shape index (κ1) is 24.0. The van der Waals surface area contributed by atoms with Gasteiger partial charge in [0.1, 0.15) is 11.8 Å². The van der Waals surface area contributed by atoms with E-state index in [9.17, 15) is 9.59 Å². The second-order valence-electron chi connectivity index (χ2n) is 8.75. The zero-order chi connectivity index (χ0) is 25.1. The van der Waals surface area contributed by atoms with Gasteiger partial charge in [0, 0.05) is 35.6 Å². The monoisotopic (exact) mass is 499 g/mol. The number of nitrogens with one attached hydrogen (secondary N) is 1. The van der Waals surface area contributed by atoms with Crippen LogP contribution < -0.4 is 10.1 Å². The second-order valence-corrected chi connectivity index (χ2v) is 9.72. The Morgan fingerprint density at radius 1 is 1.03 bits per heavy atom. The lowest BCUT2D eigenvalue weighted by atomic mass is 10.0. The van der Waals surface area contributed by atoms with E-state index < -0.39 is 6.04 Å². The molecule has 0 saturated heterocycles. The fourth-order valence-electron chi connectivity index (χ4n) is 4.80. The van der Waals surface area contributed by atoms with Crippen LogP contribution >= 0.6 is 11.8 Å². The summed E-state index contributed by atoms with van der Waals surface area (Å²) in [6.45, 7) is 3.13. The van der Waals surface area contributed by atoms with Gasteiger partial charge in [-0.2, -0.15) is 0 Å². The van der Waals surface area contributed by atoms with Crippen molar-refractivity contribution < 1.29 is 14.3 Å². The Hall–Kier alpha value is -3.71. The van der Waals surface area contributed by atoms with Crippen LogP contribution in [0.2, 0.25) is 0 Å². The summed E-state index contributed by atoms with van der Waals surface area (Å²) in [5.41, 5.74) is 3.80. The smallest absolute Gasteiger partial charge is 0.247 e. The van der Waals surface area contributed by atoms with Gasteiger partial charge in [-0.05, 0) is 24.6 Å². The topological polar surface area (TPSA) is 63.6 Å². The predicted molar refractivity (Wildman–Crippen MR) is 143 cm³/mol. The Morgan fingerprint density at radius 3 is 2.56 bits per heavy atom. The van der Waals surface area contributed by atoms with Crippen LogP contribution in [-0.4, -0.2) is 33.6 Å². The van der Waals surface area contributed by atoms with E-state index in [0.29, 0.717) is 13.2 Å². The normalized spacial score (nSPS) is 15.4. The van der Waals surface area contributed by atoms with Gasteiger partial charge >= 0.3 is 0 Å². The van der Waals surface area contributed by atoms with E-state index in [1.807, 2.05) is 86.8 Å². The summed E-state index contributed by atoms with van der Waals surface area (Å²) < 4.78 is 7.94. The number of aromatic nitrogens is 1. The molecule has 1 aromatic heterocycles. The van der Waals surface area contributed by atoms with Gasteiger partial charge < -0.3 is 19.5 Å². The van der Waals surface area contributed by atoms with Crippen molar-refractivity contribution in [2.24, 2.45) is 7.05 Å². The number of fused-ring (bicyclic) bond motifs is 3. The van der Waals surface area contributed by atoms with Gasteiger partial charge in [-0.15, -0.1) is 0 Å². The molecule has 1 aliphatic rings. The van der Waals surface area contributed by atoms with Crippen molar-refractivity contribution in [1.82, 2.24) is 14.8 Å². The Morgan fingerprint density at radius 2 is 1.75 bits per heavy atom. The third-order valence-corrected chi connectivity index (χ3v) is 7.66. The average Bonchev–Trinajstić information content (AvgIpc) is 3.09. The summed E-state index contributed by atoms with van der Waals surface area (Å²) in [4.78, 5) is 29.2. The number of nitrogens with zero attached hydrogens (tertiary/aromatic N) is 2. The molecule has 1 N–H and O–H groups in total. The van der Waals surface area contributed by atoms with Crippen LogP contribution in [0.4, 0.5) is 0 Å². The number of carbonyl (C=O) groups is 2. The number of para-hydroxylation sites is 2. The zero-order valence-corrected chi connectivity index (χ0v) is 21.3. The average molecular weight is 500 g/mol. The maximum Gasteiger partial charge on any atom is 0.247 e. The van der Waals surface area contributed by atoms with Crippen LogP contribution in [0.15, 0.2) is 83.9 Å². The van der Waals surface area contributed by atoms with E-state index in [-0.39, 0.29) is 24.1 Å². The SMILES string of the molecule is CCOc1ccccc1CN1C(=O)CSc2c(c3ccccc3n2C)[C@@H]1C(=O)NCc1ccccc1. The molecule has 7 heteroatoms. The maximum atomic E-state index is 13.9. The number of carbonyl (C=O) groups excluding carboxylic acids is 2. The molecule has 184 valence electrons. The molecule has 36 heavy (non-hydrogen) atoms. The molecule has 1 aliphatic heterocycles. The number of hydrogen-bond acceptors (Lipinski definition) is 4. The van der Waals surface area contributed by atoms with Crippen molar-refractivity contribution in [3.63, 3.8) is 0 Å². The molecular weight excluding hydrogens is 470 g/mol. The van der Waals surface area contributed by atoms with Crippen LogP contribution in [0, 0.1) is 0 Å². The van der Waals surface area contributed by atoms with Crippen molar-refractivity contribution in [3.05, 3.63) is 95.6 Å². The number of aryl methyl sites for hydroxylation is 1. The van der Waals surface area contributed by atoms with Crippen LogP contribution in [0.1, 0.15) is 29.7 Å². The van der Waals surface area contributed by atoms with Gasteiger partial charge in [0.15, 0.2) is 0 Å². The Labute approximate surface area is 215 Å². The minimum absolute atomic E-state index is 0.0774. The Bertz CT molecular complexity index is 1400. The van der Waals surface area contributed by atoms with Crippen molar-refractivity contribution in [3.8, 4) is 5.75 Å². The highest BCUT2D eigenvalue weighted by Gasteiger charge is 2.39. The second kappa shape index (κ2) is 10.5. The molecule has 0 aliphatic carbocycles. The van der Waals surface area contributed by atoms with Crippen LogP contribution in [-0.2, 0) is 29.7 Å². The number of thioether (sulfide) groups is 1. The van der Waals surface area contributed by atoms with E-state index >= 15 is 0 Å². The Balaban J connectivity index is 1.60. The third-order valence-electron chi connectivity index (χ3n) is 6.50. The molecular formula is C29H29N3O3S. The fourth-order valence-corrected chi connectivity index (χ4v) is 5.89. The van der Waals surface area contributed by atoms with E-state index in [1.165, 1.54) is 11.8 Å². The molecule has 4 aromatic rings. The summed E-state index contributed by atoms with van der Waals surface area (Å²) in [5.74, 6) is 0.718. The van der Waals surface area contributed by atoms with Gasteiger partial charge in [-0.1, -0.05) is 78.5 Å². The van der Waals surface area contributed by atoms with Gasteiger partial charge in [0.25, 0.3) is 0 Å². The van der Waals surface area contributed by atoms with Gasteiger partial charge in [-0.3, -0.25) is 9.59 Å². The van der Waals surface area contributed by atoms with Crippen molar-refractivity contribution in [1.29, 1.82) is 0 Å². The largest absolute Gasteiger partial charge is 0.494 e. The molecule has 0 fully saturated rings. The van der Waals surface area contributed by atoms with Crippen molar-refractivity contribution in [2.45, 2.75) is 31.1 Å². The van der Waals surface area contributed by atoms with Crippen LogP contribution in [0.5, 0.6) is 5.75 Å². The van der Waals surface area contributed by atoms with E-state index in [1.54, 1.807) is 4.90 Å². The molecule has 0 bridgehead atoms. The highest BCUT2D eigenvalue weighted by molar-refractivity contribution is 8.00. The minimum Gasteiger partial charge on any atom is -0.494 e. The zero-order valence-electron chi connectivity index (χ0n) is 20.4. The molecule has 6 nitrogen and oxygen atoms in total.